The number of anilines is 2. The number of halogens is 1. The number of nitrogens with zero attached hydrogens (tertiary/aromatic N) is 2. The summed E-state index contributed by atoms with van der Waals surface area (Å²) in [5.41, 5.74) is 6.01. The molecule has 0 bridgehead atoms. The highest BCUT2D eigenvalue weighted by atomic mass is 35.5. The first-order chi connectivity index (χ1) is 21.5. The molecule has 0 saturated heterocycles. The van der Waals surface area contributed by atoms with Crippen LogP contribution in [-0.4, -0.2) is 41.0 Å². The van der Waals surface area contributed by atoms with Crippen molar-refractivity contribution in [3.8, 4) is 11.1 Å². The van der Waals surface area contributed by atoms with E-state index in [-0.39, 0.29) is 29.5 Å². The predicted molar refractivity (Wildman–Crippen MR) is 176 cm³/mol. The molecule has 0 unspecified atom stereocenters. The van der Waals surface area contributed by atoms with Gasteiger partial charge in [0.15, 0.2) is 0 Å². The zero-order valence-corrected chi connectivity index (χ0v) is 24.8. The first kappa shape index (κ1) is 29.3. The van der Waals surface area contributed by atoms with Crippen LogP contribution in [0.25, 0.3) is 11.1 Å². The van der Waals surface area contributed by atoms with Gasteiger partial charge in [-0.25, -0.2) is 0 Å². The highest BCUT2D eigenvalue weighted by Gasteiger charge is 2.32. The smallest absolute Gasteiger partial charge is 0.259 e. The zero-order chi connectivity index (χ0) is 30.5. The maximum Gasteiger partial charge on any atom is 0.259 e. The third-order valence-corrected chi connectivity index (χ3v) is 8.28. The van der Waals surface area contributed by atoms with E-state index < -0.39 is 0 Å². The zero-order valence-electron chi connectivity index (χ0n) is 24.1. The van der Waals surface area contributed by atoms with E-state index >= 15 is 0 Å². The Morgan fingerprint density at radius 3 is 2.23 bits per heavy atom. The van der Waals surface area contributed by atoms with Crippen LogP contribution < -0.4 is 10.2 Å². The summed E-state index contributed by atoms with van der Waals surface area (Å²) in [5.74, 6) is -0.542. The van der Waals surface area contributed by atoms with Crippen LogP contribution in [0.15, 0.2) is 127 Å². The number of amides is 2. The summed E-state index contributed by atoms with van der Waals surface area (Å²) in [6.45, 7) is 1.42. The van der Waals surface area contributed by atoms with Crippen molar-refractivity contribution in [1.82, 2.24) is 4.90 Å². The van der Waals surface area contributed by atoms with Crippen molar-refractivity contribution in [2.45, 2.75) is 19.1 Å². The molecule has 7 heteroatoms. The van der Waals surface area contributed by atoms with Crippen LogP contribution in [0, 0.1) is 0 Å². The molecule has 5 aromatic rings. The van der Waals surface area contributed by atoms with Gasteiger partial charge in [-0.3, -0.25) is 14.5 Å². The van der Waals surface area contributed by atoms with Gasteiger partial charge in [-0.15, -0.1) is 0 Å². The van der Waals surface area contributed by atoms with Gasteiger partial charge in [0, 0.05) is 36.6 Å². The summed E-state index contributed by atoms with van der Waals surface area (Å²) in [4.78, 5) is 31.3. The van der Waals surface area contributed by atoms with Gasteiger partial charge >= 0.3 is 0 Å². The Kier molecular flexibility index (Phi) is 8.84. The second-order valence-electron chi connectivity index (χ2n) is 10.8. The van der Waals surface area contributed by atoms with Gasteiger partial charge in [-0.2, -0.15) is 0 Å². The molecule has 1 aliphatic heterocycles. The summed E-state index contributed by atoms with van der Waals surface area (Å²) in [7, 11) is 0. The van der Waals surface area contributed by atoms with E-state index in [0.29, 0.717) is 36.4 Å². The quantitative estimate of drug-likeness (QED) is 0.206. The Morgan fingerprint density at radius 1 is 0.795 bits per heavy atom. The van der Waals surface area contributed by atoms with E-state index in [9.17, 15) is 14.7 Å². The standard InChI is InChI=1S/C37H32ClN3O3/c38-34-21-29(39-36(43)32-17-9-8-16-31(32)27-13-5-2-6-14-27)19-20-33(34)37(44)41-24-30(25-42)40(22-26-11-3-1-4-12-26)23-28-15-7-10-18-35(28)41/h1-21,30,42H,22-25H2,(H,39,43)/t30-/m0/s1. The van der Waals surface area contributed by atoms with Crippen LogP contribution in [0.3, 0.4) is 0 Å². The lowest BCUT2D eigenvalue weighted by molar-refractivity contribution is 0.0941. The number of aliphatic hydroxyl groups excluding tert-OH is 1. The minimum absolute atomic E-state index is 0.103. The molecule has 6 nitrogen and oxygen atoms in total. The van der Waals surface area contributed by atoms with Crippen molar-refractivity contribution in [3.63, 3.8) is 0 Å². The number of fused-ring (bicyclic) bond motifs is 1. The third kappa shape index (κ3) is 6.29. The van der Waals surface area contributed by atoms with E-state index in [0.717, 1.165) is 27.9 Å². The van der Waals surface area contributed by atoms with Gasteiger partial charge < -0.3 is 15.3 Å². The van der Waals surface area contributed by atoms with Gasteiger partial charge in [0.2, 0.25) is 0 Å². The summed E-state index contributed by atoms with van der Waals surface area (Å²) < 4.78 is 0. The predicted octanol–water partition coefficient (Wildman–Crippen LogP) is 7.28. The van der Waals surface area contributed by atoms with Crippen molar-refractivity contribution >= 4 is 34.8 Å². The molecule has 1 atom stereocenters. The topological polar surface area (TPSA) is 72.9 Å². The Hall–Kier alpha value is -4.75. The van der Waals surface area contributed by atoms with Gasteiger partial charge in [0.05, 0.1) is 23.2 Å². The molecular formula is C37H32ClN3O3. The van der Waals surface area contributed by atoms with Gasteiger partial charge in [-0.1, -0.05) is 109 Å². The molecule has 6 rings (SSSR count). The van der Waals surface area contributed by atoms with Gasteiger partial charge in [0.1, 0.15) is 0 Å². The highest BCUT2D eigenvalue weighted by molar-refractivity contribution is 6.35. The Bertz CT molecular complexity index is 1780. The molecular weight excluding hydrogens is 570 g/mol. The number of hydrogen-bond donors (Lipinski definition) is 2. The Morgan fingerprint density at radius 2 is 1.48 bits per heavy atom. The molecule has 0 aromatic heterocycles. The fourth-order valence-corrected chi connectivity index (χ4v) is 5.97. The average Bonchev–Trinajstić information content (AvgIpc) is 3.22. The van der Waals surface area contributed by atoms with Crippen LogP contribution in [0.4, 0.5) is 11.4 Å². The number of carbonyl (C=O) groups excluding carboxylic acids is 2. The Labute approximate surface area is 262 Å². The van der Waals surface area contributed by atoms with Crippen LogP contribution >= 0.6 is 11.6 Å². The second kappa shape index (κ2) is 13.3. The third-order valence-electron chi connectivity index (χ3n) is 7.96. The van der Waals surface area contributed by atoms with Gasteiger partial charge in [0.25, 0.3) is 11.8 Å². The van der Waals surface area contributed by atoms with Crippen molar-refractivity contribution in [3.05, 3.63) is 155 Å². The molecule has 0 spiro atoms. The van der Waals surface area contributed by atoms with E-state index in [4.69, 9.17) is 11.6 Å². The summed E-state index contributed by atoms with van der Waals surface area (Å²) >= 11 is 6.72. The maximum atomic E-state index is 14.1. The number of carbonyl (C=O) groups is 2. The normalized spacial score (nSPS) is 14.9. The van der Waals surface area contributed by atoms with Gasteiger partial charge in [-0.05, 0) is 52.6 Å². The van der Waals surface area contributed by atoms with Crippen molar-refractivity contribution in [2.24, 2.45) is 0 Å². The lowest BCUT2D eigenvalue weighted by Crippen LogP contribution is -2.45. The first-order valence-electron chi connectivity index (χ1n) is 14.6. The molecule has 0 aliphatic carbocycles. The van der Waals surface area contributed by atoms with E-state index in [1.165, 1.54) is 0 Å². The number of benzene rings is 5. The molecule has 1 aliphatic rings. The van der Waals surface area contributed by atoms with E-state index in [1.54, 1.807) is 29.2 Å². The number of para-hydroxylation sites is 1. The van der Waals surface area contributed by atoms with Crippen LogP contribution in [0.2, 0.25) is 5.02 Å². The summed E-state index contributed by atoms with van der Waals surface area (Å²) in [6, 6.07) is 39.8. The molecule has 0 fully saturated rings. The molecule has 2 amide bonds. The lowest BCUT2D eigenvalue weighted by atomic mass is 9.99. The SMILES string of the molecule is O=C(Nc1ccc(C(=O)N2C[C@@H](CO)N(Cc3ccccc3)Cc3ccccc32)c(Cl)c1)c1ccccc1-c1ccccc1. The molecule has 1 heterocycles. The van der Waals surface area contributed by atoms with E-state index in [2.05, 4.69) is 22.3 Å². The monoisotopic (exact) mass is 601 g/mol. The summed E-state index contributed by atoms with van der Waals surface area (Å²) in [6.07, 6.45) is 0. The minimum Gasteiger partial charge on any atom is -0.395 e. The molecule has 2 N–H and O–H groups in total. The minimum atomic E-state index is -0.284. The average molecular weight is 602 g/mol. The van der Waals surface area contributed by atoms with Crippen LogP contribution in [-0.2, 0) is 13.1 Å². The number of nitrogens with one attached hydrogen (secondary N) is 1. The first-order valence-corrected chi connectivity index (χ1v) is 14.9. The fourth-order valence-electron chi connectivity index (χ4n) is 5.71. The molecule has 44 heavy (non-hydrogen) atoms. The van der Waals surface area contributed by atoms with Crippen LogP contribution in [0.1, 0.15) is 31.8 Å². The van der Waals surface area contributed by atoms with Crippen LogP contribution in [0.5, 0.6) is 0 Å². The number of hydrogen-bond acceptors (Lipinski definition) is 4. The molecule has 0 saturated carbocycles. The van der Waals surface area contributed by atoms with E-state index in [1.807, 2.05) is 91.0 Å². The van der Waals surface area contributed by atoms with Crippen molar-refractivity contribution < 1.29 is 14.7 Å². The van der Waals surface area contributed by atoms with Crippen molar-refractivity contribution in [1.29, 1.82) is 0 Å². The molecule has 5 aromatic carbocycles. The molecule has 220 valence electrons. The second-order valence-corrected chi connectivity index (χ2v) is 11.2. The number of aliphatic hydroxyl groups is 1. The van der Waals surface area contributed by atoms with Crippen molar-refractivity contribution in [2.75, 3.05) is 23.4 Å². The molecule has 0 radical (unpaired) electrons. The maximum absolute atomic E-state index is 14.1. The lowest BCUT2D eigenvalue weighted by Gasteiger charge is -2.30. The highest BCUT2D eigenvalue weighted by Crippen LogP contribution is 2.32. The summed E-state index contributed by atoms with van der Waals surface area (Å²) in [5, 5.41) is 13.6. The number of rotatable bonds is 7. The fraction of sp³-hybridized carbons (Fsp3) is 0.135. The largest absolute Gasteiger partial charge is 0.395 e. The Balaban J connectivity index is 1.25.